The molecule has 0 aromatic carbocycles. The maximum atomic E-state index is 11.3. The van der Waals surface area contributed by atoms with Crippen molar-refractivity contribution in [1.82, 2.24) is 0 Å². The summed E-state index contributed by atoms with van der Waals surface area (Å²) >= 11 is 0. The summed E-state index contributed by atoms with van der Waals surface area (Å²) in [6, 6.07) is 0. The van der Waals surface area contributed by atoms with Gasteiger partial charge in [0.05, 0.1) is 0 Å². The van der Waals surface area contributed by atoms with E-state index in [4.69, 9.17) is 15.3 Å². The molecule has 14 heavy (non-hydrogen) atoms. The van der Waals surface area contributed by atoms with E-state index in [0.717, 1.165) is 0 Å². The Hall–Kier alpha value is -0.900. The Morgan fingerprint density at radius 3 is 2.36 bits per heavy atom. The van der Waals surface area contributed by atoms with Crippen LogP contribution in [0.3, 0.4) is 0 Å². The van der Waals surface area contributed by atoms with E-state index < -0.39 is 11.6 Å². The van der Waals surface area contributed by atoms with Crippen LogP contribution in [0.15, 0.2) is 0 Å². The number of hydrogen-bond acceptors (Lipinski definition) is 4. The molecule has 0 saturated carbocycles. The number of aliphatic hydroxyl groups is 1. The first-order chi connectivity index (χ1) is 6.26. The molecule has 82 valence electrons. The summed E-state index contributed by atoms with van der Waals surface area (Å²) in [7, 11) is 0. The van der Waals surface area contributed by atoms with Gasteiger partial charge in [-0.3, -0.25) is 5.41 Å². The number of hydrogen-bond donors (Lipinski definition) is 2. The fraction of sp³-hybridized carbons (Fsp3) is 0.800. The van der Waals surface area contributed by atoms with Crippen molar-refractivity contribution in [2.24, 2.45) is 5.92 Å². The van der Waals surface area contributed by atoms with E-state index in [1.807, 2.05) is 0 Å². The van der Waals surface area contributed by atoms with Crippen LogP contribution >= 0.6 is 0 Å². The number of esters is 1. The summed E-state index contributed by atoms with van der Waals surface area (Å²) in [4.78, 5) is 11.3. The predicted octanol–water partition coefficient (Wildman–Crippen LogP) is 1.37. The molecule has 0 unspecified atom stereocenters. The van der Waals surface area contributed by atoms with Crippen molar-refractivity contribution >= 4 is 11.7 Å². The number of carbonyl (C=O) groups excluding carboxylic acids is 1. The molecule has 0 fully saturated rings. The van der Waals surface area contributed by atoms with Gasteiger partial charge < -0.3 is 9.84 Å². The maximum absolute atomic E-state index is 11.3. The normalized spacial score (nSPS) is 13.5. The van der Waals surface area contributed by atoms with Gasteiger partial charge in [-0.1, -0.05) is 6.92 Å². The smallest absolute Gasteiger partial charge is 0.352 e. The topological polar surface area (TPSA) is 70.4 Å². The van der Waals surface area contributed by atoms with Crippen LogP contribution in [0.1, 0.15) is 34.1 Å². The van der Waals surface area contributed by atoms with Crippen LogP contribution in [0.2, 0.25) is 0 Å². The molecule has 0 aromatic rings. The molecule has 0 aliphatic heterocycles. The summed E-state index contributed by atoms with van der Waals surface area (Å²) in [6.45, 7) is 7.03. The highest BCUT2D eigenvalue weighted by Gasteiger charge is 2.20. The molecule has 2 N–H and O–H groups in total. The van der Waals surface area contributed by atoms with E-state index in [-0.39, 0.29) is 24.7 Å². The zero-order chi connectivity index (χ0) is 11.4. The molecule has 0 amide bonds. The largest absolute Gasteiger partial charge is 0.456 e. The third-order valence-electron chi connectivity index (χ3n) is 1.51. The molecule has 0 bridgehead atoms. The molecule has 0 radical (unpaired) electrons. The van der Waals surface area contributed by atoms with Crippen LogP contribution in [0.25, 0.3) is 0 Å². The third-order valence-corrected chi connectivity index (χ3v) is 1.51. The first-order valence-electron chi connectivity index (χ1n) is 4.68. The zero-order valence-corrected chi connectivity index (χ0v) is 9.26. The first-order valence-corrected chi connectivity index (χ1v) is 4.68. The second-order valence-electron chi connectivity index (χ2n) is 4.47. The van der Waals surface area contributed by atoms with Crippen LogP contribution in [0, 0.1) is 11.3 Å². The van der Waals surface area contributed by atoms with Crippen molar-refractivity contribution in [1.29, 1.82) is 5.41 Å². The lowest BCUT2D eigenvalue weighted by molar-refractivity contribution is -0.146. The highest BCUT2D eigenvalue weighted by atomic mass is 16.6. The van der Waals surface area contributed by atoms with Gasteiger partial charge in [-0.2, -0.15) is 0 Å². The van der Waals surface area contributed by atoms with Crippen LogP contribution < -0.4 is 0 Å². The minimum absolute atomic E-state index is 0.0226. The number of ether oxygens (including phenoxy) is 1. The molecule has 4 heteroatoms. The molecule has 4 nitrogen and oxygen atoms in total. The number of nitrogens with one attached hydrogen (secondary N) is 1. The van der Waals surface area contributed by atoms with Crippen LogP contribution in [0.5, 0.6) is 0 Å². The molecule has 0 spiro atoms. The van der Waals surface area contributed by atoms with Gasteiger partial charge in [0.2, 0.25) is 0 Å². The van der Waals surface area contributed by atoms with Gasteiger partial charge in [0.15, 0.2) is 0 Å². The van der Waals surface area contributed by atoms with Crippen LogP contribution in [0.4, 0.5) is 0 Å². The highest BCUT2D eigenvalue weighted by molar-refractivity contribution is 6.35. The summed E-state index contributed by atoms with van der Waals surface area (Å²) in [5.74, 6) is -0.673. The van der Waals surface area contributed by atoms with E-state index in [2.05, 4.69) is 0 Å². The summed E-state index contributed by atoms with van der Waals surface area (Å²) in [5.41, 5.74) is -0.646. The van der Waals surface area contributed by atoms with Crippen molar-refractivity contribution in [3.05, 3.63) is 0 Å². The quantitative estimate of drug-likeness (QED) is 0.533. The second-order valence-corrected chi connectivity index (χ2v) is 4.47. The van der Waals surface area contributed by atoms with Crippen molar-refractivity contribution in [3.8, 4) is 0 Å². The monoisotopic (exact) mass is 201 g/mol. The van der Waals surface area contributed by atoms with E-state index in [9.17, 15) is 4.79 Å². The third kappa shape index (κ3) is 5.70. The average Bonchev–Trinajstić information content (AvgIpc) is 2.00. The lowest BCUT2D eigenvalue weighted by Crippen LogP contribution is -2.29. The minimum atomic E-state index is -0.599. The molecule has 0 saturated heterocycles. The fourth-order valence-electron chi connectivity index (χ4n) is 0.836. The minimum Gasteiger partial charge on any atom is -0.456 e. The van der Waals surface area contributed by atoms with Crippen molar-refractivity contribution in [3.63, 3.8) is 0 Å². The van der Waals surface area contributed by atoms with Crippen LogP contribution in [-0.4, -0.2) is 29.0 Å². The van der Waals surface area contributed by atoms with Gasteiger partial charge in [-0.15, -0.1) is 0 Å². The fourth-order valence-corrected chi connectivity index (χ4v) is 0.836. The van der Waals surface area contributed by atoms with E-state index in [1.165, 1.54) is 0 Å². The molecule has 0 aromatic heterocycles. The second kappa shape index (κ2) is 5.10. The van der Waals surface area contributed by atoms with E-state index in [1.54, 1.807) is 27.7 Å². The Balaban J connectivity index is 4.08. The molecule has 1 atom stereocenters. The molecule has 0 aliphatic carbocycles. The summed E-state index contributed by atoms with van der Waals surface area (Å²) in [5, 5.41) is 16.2. The van der Waals surface area contributed by atoms with Crippen LogP contribution in [-0.2, 0) is 9.53 Å². The molecule has 0 rings (SSSR count). The summed E-state index contributed by atoms with van der Waals surface area (Å²) < 4.78 is 5.00. The Morgan fingerprint density at radius 2 is 2.00 bits per heavy atom. The lowest BCUT2D eigenvalue weighted by atomic mass is 10.1. The van der Waals surface area contributed by atoms with Gasteiger partial charge in [0.1, 0.15) is 11.3 Å². The Bertz CT molecular complexity index is 218. The van der Waals surface area contributed by atoms with Gasteiger partial charge >= 0.3 is 5.97 Å². The number of aliphatic hydroxyl groups excluding tert-OH is 1. The lowest BCUT2D eigenvalue weighted by Gasteiger charge is -2.20. The zero-order valence-electron chi connectivity index (χ0n) is 9.26. The van der Waals surface area contributed by atoms with E-state index >= 15 is 0 Å². The SMILES string of the molecule is C[C@@H](CO)CC(=N)C(=O)OC(C)(C)C. The van der Waals surface area contributed by atoms with E-state index in [0.29, 0.717) is 0 Å². The molecular formula is C10H19NO3. The van der Waals surface area contributed by atoms with Crippen molar-refractivity contribution in [2.45, 2.75) is 39.7 Å². The maximum Gasteiger partial charge on any atom is 0.352 e. The van der Waals surface area contributed by atoms with Gasteiger partial charge in [0.25, 0.3) is 0 Å². The number of carbonyl (C=O) groups is 1. The average molecular weight is 201 g/mol. The Kier molecular flexibility index (Phi) is 4.77. The summed E-state index contributed by atoms with van der Waals surface area (Å²) in [6.07, 6.45) is 0.255. The Labute approximate surface area is 84.8 Å². The molecular weight excluding hydrogens is 182 g/mol. The van der Waals surface area contributed by atoms with Crippen molar-refractivity contribution < 1.29 is 14.6 Å². The van der Waals surface area contributed by atoms with Crippen molar-refractivity contribution in [2.75, 3.05) is 6.61 Å². The Morgan fingerprint density at radius 1 is 1.50 bits per heavy atom. The predicted molar refractivity (Wildman–Crippen MR) is 54.4 cm³/mol. The number of rotatable bonds is 4. The standard InChI is InChI=1S/C10H19NO3/c1-7(6-12)5-8(11)9(13)14-10(2,3)4/h7,11-12H,5-6H2,1-4H3/t7-/m1/s1. The highest BCUT2D eigenvalue weighted by Crippen LogP contribution is 2.09. The van der Waals surface area contributed by atoms with Gasteiger partial charge in [-0.05, 0) is 26.7 Å². The van der Waals surface area contributed by atoms with Gasteiger partial charge in [0, 0.05) is 13.0 Å². The first kappa shape index (κ1) is 13.1. The molecule has 0 aliphatic rings. The molecule has 0 heterocycles. The van der Waals surface area contributed by atoms with Gasteiger partial charge in [-0.25, -0.2) is 4.79 Å².